The molecule has 0 radical (unpaired) electrons. The van der Waals surface area contributed by atoms with E-state index in [2.05, 4.69) is 38.7 Å². The molecule has 0 unspecified atom stereocenters. The minimum atomic E-state index is -4.29. The van der Waals surface area contributed by atoms with E-state index in [1.165, 1.54) is 12.1 Å². The Hall–Kier alpha value is -3.05. The number of likely N-dealkylation sites (tertiary alicyclic amines) is 1. The van der Waals surface area contributed by atoms with Crippen LogP contribution in [-0.4, -0.2) is 74.8 Å². The fraction of sp³-hybridized carbons (Fsp3) is 0.586. The van der Waals surface area contributed by atoms with Crippen LogP contribution in [0.5, 0.6) is 0 Å². The minimum Gasteiger partial charge on any atom is -0.419 e. The lowest BCUT2D eigenvalue weighted by Crippen LogP contribution is -2.58. The molecule has 2 fully saturated rings. The number of alkyl halides is 3. The van der Waals surface area contributed by atoms with Gasteiger partial charge in [-0.3, -0.25) is 9.80 Å². The van der Waals surface area contributed by atoms with Crippen LogP contribution < -0.4 is 4.90 Å². The number of rotatable bonds is 8. The third-order valence-electron chi connectivity index (χ3n) is 8.08. The van der Waals surface area contributed by atoms with E-state index >= 15 is 0 Å². The molecule has 4 heterocycles. The molecular weight excluding hydrogens is 519 g/mol. The quantitative estimate of drug-likeness (QED) is 0.366. The Labute approximate surface area is 233 Å². The zero-order valence-corrected chi connectivity index (χ0v) is 23.5. The van der Waals surface area contributed by atoms with Gasteiger partial charge in [-0.1, -0.05) is 26.0 Å². The minimum absolute atomic E-state index is 0.409. The van der Waals surface area contributed by atoms with Crippen LogP contribution in [0.3, 0.4) is 0 Å². The van der Waals surface area contributed by atoms with Crippen LogP contribution in [0.25, 0.3) is 11.6 Å². The first-order chi connectivity index (χ1) is 19.2. The summed E-state index contributed by atoms with van der Waals surface area (Å²) in [6.45, 7) is 11.6. The molecule has 2 saturated heterocycles. The fourth-order valence-corrected chi connectivity index (χ4v) is 5.93. The molecule has 11 heteroatoms. The largest absolute Gasteiger partial charge is 0.419 e. The monoisotopic (exact) mass is 557 g/mol. The molecule has 2 aromatic heterocycles. The van der Waals surface area contributed by atoms with Gasteiger partial charge in [0, 0.05) is 44.7 Å². The Kier molecular flexibility index (Phi) is 8.70. The van der Waals surface area contributed by atoms with Gasteiger partial charge >= 0.3 is 6.18 Å². The normalized spacial score (nSPS) is 19.9. The van der Waals surface area contributed by atoms with Crippen LogP contribution >= 0.6 is 0 Å². The van der Waals surface area contributed by atoms with Crippen molar-refractivity contribution in [1.29, 1.82) is 0 Å². The Bertz CT molecular complexity index is 1260. The third-order valence-corrected chi connectivity index (χ3v) is 8.08. The number of hydrogen-bond acceptors (Lipinski definition) is 8. The number of nitrogens with zero attached hydrogens (tertiary/aromatic N) is 7. The van der Waals surface area contributed by atoms with Crippen molar-refractivity contribution in [3.05, 3.63) is 53.2 Å². The highest BCUT2D eigenvalue weighted by molar-refractivity contribution is 5.51. The molecule has 0 spiro atoms. The fourth-order valence-electron chi connectivity index (χ4n) is 5.93. The molecule has 0 aliphatic carbocycles. The van der Waals surface area contributed by atoms with Gasteiger partial charge in [-0.2, -0.15) is 13.2 Å². The maximum absolute atomic E-state index is 12.9. The molecule has 0 amide bonds. The molecule has 2 aliphatic rings. The SMILES string of the molecule is CCCc1nnc(-c2cnc(N3CCN(C4CCN(Cc5ccc(C(F)(F)F)cc5)CC4)[C@@H](CC)C3)c(C)n2)o1. The lowest BCUT2D eigenvalue weighted by molar-refractivity contribution is -0.137. The Morgan fingerprint density at radius 2 is 1.75 bits per heavy atom. The second kappa shape index (κ2) is 12.2. The molecule has 3 aromatic rings. The second-order valence-electron chi connectivity index (χ2n) is 10.9. The van der Waals surface area contributed by atoms with Crippen LogP contribution in [0.2, 0.25) is 0 Å². The van der Waals surface area contributed by atoms with Gasteiger partial charge in [-0.25, -0.2) is 9.97 Å². The van der Waals surface area contributed by atoms with Gasteiger partial charge in [0.15, 0.2) is 0 Å². The van der Waals surface area contributed by atoms with Crippen LogP contribution in [0.1, 0.15) is 62.2 Å². The molecule has 216 valence electrons. The van der Waals surface area contributed by atoms with E-state index in [1.807, 2.05) is 6.92 Å². The summed E-state index contributed by atoms with van der Waals surface area (Å²) in [6.07, 6.45) is 2.30. The highest BCUT2D eigenvalue weighted by atomic mass is 19.4. The van der Waals surface area contributed by atoms with Crippen LogP contribution in [0.4, 0.5) is 19.0 Å². The molecule has 0 saturated carbocycles. The summed E-state index contributed by atoms with van der Waals surface area (Å²) in [7, 11) is 0. The summed E-state index contributed by atoms with van der Waals surface area (Å²) in [5, 5.41) is 8.23. The lowest BCUT2D eigenvalue weighted by Gasteiger charge is -2.47. The zero-order chi connectivity index (χ0) is 28.3. The first-order valence-electron chi connectivity index (χ1n) is 14.3. The van der Waals surface area contributed by atoms with E-state index in [4.69, 9.17) is 14.4 Å². The number of aryl methyl sites for hydroxylation is 2. The summed E-state index contributed by atoms with van der Waals surface area (Å²) in [6, 6.07) is 6.51. The van der Waals surface area contributed by atoms with Crippen LogP contribution in [0, 0.1) is 6.92 Å². The molecular formula is C29H38F3N7O. The summed E-state index contributed by atoms with van der Waals surface area (Å²) in [5.74, 6) is 1.93. The van der Waals surface area contributed by atoms with Crippen molar-refractivity contribution in [1.82, 2.24) is 30.0 Å². The molecule has 40 heavy (non-hydrogen) atoms. The standard InChI is InChI=1S/C29H38F3N7O/c1-4-6-26-35-36-28(40-26)25-17-33-27(20(3)34-25)38-15-16-39(23(5-2)19-38)24-11-13-37(14-12-24)18-21-7-9-22(10-8-21)29(30,31)32/h7-10,17,23-24H,4-6,11-16,18-19H2,1-3H3/t23-/m0/s1. The van der Waals surface area contributed by atoms with Crippen LogP contribution in [0.15, 0.2) is 34.9 Å². The van der Waals surface area contributed by atoms with E-state index in [1.54, 1.807) is 18.3 Å². The number of aromatic nitrogens is 4. The molecule has 2 aliphatic heterocycles. The number of halogens is 3. The predicted molar refractivity (Wildman–Crippen MR) is 147 cm³/mol. The molecule has 0 N–H and O–H groups in total. The van der Waals surface area contributed by atoms with E-state index in [0.717, 1.165) is 81.9 Å². The molecule has 8 nitrogen and oxygen atoms in total. The van der Waals surface area contributed by atoms with Gasteiger partial charge in [-0.15, -0.1) is 10.2 Å². The van der Waals surface area contributed by atoms with Gasteiger partial charge in [0.2, 0.25) is 5.89 Å². The number of piperazine rings is 1. The molecule has 1 atom stereocenters. The van der Waals surface area contributed by atoms with Gasteiger partial charge in [0.05, 0.1) is 17.5 Å². The Balaban J connectivity index is 1.16. The van der Waals surface area contributed by atoms with Crippen molar-refractivity contribution >= 4 is 5.82 Å². The third kappa shape index (κ3) is 6.46. The first-order valence-corrected chi connectivity index (χ1v) is 14.3. The number of anilines is 1. The summed E-state index contributed by atoms with van der Waals surface area (Å²) >= 11 is 0. The predicted octanol–water partition coefficient (Wildman–Crippen LogP) is 5.37. The number of hydrogen-bond donors (Lipinski definition) is 0. The molecule has 5 rings (SSSR count). The topological polar surface area (TPSA) is 74.4 Å². The van der Waals surface area contributed by atoms with Crippen molar-refractivity contribution in [2.75, 3.05) is 37.6 Å². The van der Waals surface area contributed by atoms with Crippen molar-refractivity contribution in [2.45, 2.75) is 77.7 Å². The summed E-state index contributed by atoms with van der Waals surface area (Å²) < 4.78 is 44.3. The lowest BCUT2D eigenvalue weighted by atomic mass is 9.97. The first kappa shape index (κ1) is 28.5. The number of benzene rings is 1. The highest BCUT2D eigenvalue weighted by Crippen LogP contribution is 2.30. The maximum Gasteiger partial charge on any atom is 0.416 e. The van der Waals surface area contributed by atoms with Gasteiger partial charge < -0.3 is 9.32 Å². The molecule has 0 bridgehead atoms. The Morgan fingerprint density at radius 1 is 1.00 bits per heavy atom. The number of piperidine rings is 1. The smallest absolute Gasteiger partial charge is 0.416 e. The molecule has 1 aromatic carbocycles. The van der Waals surface area contributed by atoms with Gasteiger partial charge in [-0.05, 0) is 63.4 Å². The van der Waals surface area contributed by atoms with Crippen molar-refractivity contribution < 1.29 is 17.6 Å². The summed E-state index contributed by atoms with van der Waals surface area (Å²) in [4.78, 5) is 16.8. The van der Waals surface area contributed by atoms with Crippen LogP contribution in [-0.2, 0) is 19.1 Å². The average molecular weight is 558 g/mol. The summed E-state index contributed by atoms with van der Waals surface area (Å²) in [5.41, 5.74) is 1.79. The Morgan fingerprint density at radius 3 is 2.40 bits per heavy atom. The van der Waals surface area contributed by atoms with E-state index < -0.39 is 11.7 Å². The maximum atomic E-state index is 12.9. The van der Waals surface area contributed by atoms with E-state index in [9.17, 15) is 13.2 Å². The average Bonchev–Trinajstić information content (AvgIpc) is 3.42. The van der Waals surface area contributed by atoms with E-state index in [-0.39, 0.29) is 0 Å². The second-order valence-corrected chi connectivity index (χ2v) is 10.9. The zero-order valence-electron chi connectivity index (χ0n) is 23.5. The van der Waals surface area contributed by atoms with Crippen molar-refractivity contribution in [2.24, 2.45) is 0 Å². The van der Waals surface area contributed by atoms with E-state index in [0.29, 0.717) is 36.1 Å². The van der Waals surface area contributed by atoms with Crippen molar-refractivity contribution in [3.63, 3.8) is 0 Å². The van der Waals surface area contributed by atoms with Gasteiger partial charge in [0.25, 0.3) is 5.89 Å². The van der Waals surface area contributed by atoms with Gasteiger partial charge in [0.1, 0.15) is 11.5 Å². The highest BCUT2D eigenvalue weighted by Gasteiger charge is 2.34. The van der Waals surface area contributed by atoms with Crippen molar-refractivity contribution in [3.8, 4) is 11.6 Å².